The third kappa shape index (κ3) is 4.28. The summed E-state index contributed by atoms with van der Waals surface area (Å²) in [6.07, 6.45) is 1.89. The highest BCUT2D eigenvalue weighted by Gasteiger charge is 2.23. The molecule has 2 amide bonds. The van der Waals surface area contributed by atoms with Crippen molar-refractivity contribution in [3.05, 3.63) is 42.4 Å². The fraction of sp³-hybridized carbons (Fsp3) is 0.400. The van der Waals surface area contributed by atoms with Gasteiger partial charge in [-0.15, -0.1) is 0 Å². The van der Waals surface area contributed by atoms with E-state index in [0.717, 1.165) is 13.1 Å². The summed E-state index contributed by atoms with van der Waals surface area (Å²) in [4.78, 5) is 28.5. The van der Waals surface area contributed by atoms with E-state index in [0.29, 0.717) is 62.2 Å². The van der Waals surface area contributed by atoms with E-state index in [1.165, 1.54) is 6.26 Å². The zero-order chi connectivity index (χ0) is 19.3. The SMILES string of the molecule is O=C(CCN1CCN(C(=O)c2ccco2)CC1)Nc1ccc2c(c1)OCCO2. The Morgan fingerprint density at radius 2 is 1.79 bits per heavy atom. The van der Waals surface area contributed by atoms with Crippen molar-refractivity contribution >= 4 is 17.5 Å². The summed E-state index contributed by atoms with van der Waals surface area (Å²) < 4.78 is 16.2. The van der Waals surface area contributed by atoms with E-state index in [2.05, 4.69) is 10.2 Å². The molecule has 1 saturated heterocycles. The highest BCUT2D eigenvalue weighted by atomic mass is 16.6. The number of furan rings is 1. The van der Waals surface area contributed by atoms with E-state index in [9.17, 15) is 9.59 Å². The fourth-order valence-corrected chi connectivity index (χ4v) is 3.33. The van der Waals surface area contributed by atoms with Crippen LogP contribution in [0.5, 0.6) is 11.5 Å². The third-order valence-corrected chi connectivity index (χ3v) is 4.87. The molecule has 2 aromatic rings. The summed E-state index contributed by atoms with van der Waals surface area (Å²) >= 11 is 0. The molecule has 28 heavy (non-hydrogen) atoms. The Morgan fingerprint density at radius 1 is 1.00 bits per heavy atom. The van der Waals surface area contributed by atoms with Gasteiger partial charge in [-0.1, -0.05) is 0 Å². The van der Waals surface area contributed by atoms with Crippen molar-refractivity contribution in [2.75, 3.05) is 51.3 Å². The molecule has 2 aliphatic rings. The molecule has 0 aliphatic carbocycles. The molecule has 1 aromatic carbocycles. The molecule has 8 nitrogen and oxygen atoms in total. The van der Waals surface area contributed by atoms with Gasteiger partial charge in [-0.3, -0.25) is 14.5 Å². The van der Waals surface area contributed by atoms with Crippen LogP contribution in [0.15, 0.2) is 41.0 Å². The van der Waals surface area contributed by atoms with Gasteiger partial charge in [0.1, 0.15) is 13.2 Å². The van der Waals surface area contributed by atoms with Crippen LogP contribution in [0.25, 0.3) is 0 Å². The average molecular weight is 385 g/mol. The van der Waals surface area contributed by atoms with Crippen molar-refractivity contribution in [2.45, 2.75) is 6.42 Å². The number of benzene rings is 1. The van der Waals surface area contributed by atoms with Crippen LogP contribution in [-0.4, -0.2) is 67.6 Å². The number of hydrogen-bond donors (Lipinski definition) is 1. The molecular formula is C20H23N3O5. The predicted molar refractivity (Wildman–Crippen MR) is 102 cm³/mol. The molecule has 4 rings (SSSR count). The van der Waals surface area contributed by atoms with Gasteiger partial charge in [0.15, 0.2) is 17.3 Å². The van der Waals surface area contributed by atoms with Gasteiger partial charge < -0.3 is 24.1 Å². The van der Waals surface area contributed by atoms with E-state index in [-0.39, 0.29) is 11.8 Å². The maximum absolute atomic E-state index is 12.3. The van der Waals surface area contributed by atoms with Crippen LogP contribution in [0.2, 0.25) is 0 Å². The van der Waals surface area contributed by atoms with Crippen LogP contribution in [-0.2, 0) is 4.79 Å². The van der Waals surface area contributed by atoms with Gasteiger partial charge in [0.25, 0.3) is 5.91 Å². The average Bonchev–Trinajstić information content (AvgIpc) is 3.27. The first-order valence-corrected chi connectivity index (χ1v) is 9.44. The van der Waals surface area contributed by atoms with Crippen molar-refractivity contribution in [1.29, 1.82) is 0 Å². The maximum Gasteiger partial charge on any atom is 0.289 e. The summed E-state index contributed by atoms with van der Waals surface area (Å²) in [7, 11) is 0. The summed E-state index contributed by atoms with van der Waals surface area (Å²) in [5.74, 6) is 1.59. The second-order valence-electron chi connectivity index (χ2n) is 6.77. The number of hydrogen-bond acceptors (Lipinski definition) is 6. The van der Waals surface area contributed by atoms with Gasteiger partial charge >= 0.3 is 0 Å². The van der Waals surface area contributed by atoms with Gasteiger partial charge in [-0.25, -0.2) is 0 Å². The number of amides is 2. The Bertz CT molecular complexity index is 828. The largest absolute Gasteiger partial charge is 0.486 e. The van der Waals surface area contributed by atoms with Gasteiger partial charge in [-0.2, -0.15) is 0 Å². The molecule has 0 spiro atoms. The van der Waals surface area contributed by atoms with E-state index >= 15 is 0 Å². The Balaban J connectivity index is 1.21. The molecule has 2 aliphatic heterocycles. The quantitative estimate of drug-likeness (QED) is 0.846. The number of piperazine rings is 1. The Hall–Kier alpha value is -3.00. The van der Waals surface area contributed by atoms with Crippen LogP contribution in [0.4, 0.5) is 5.69 Å². The predicted octanol–water partition coefficient (Wildman–Crippen LogP) is 1.84. The van der Waals surface area contributed by atoms with Crippen molar-refractivity contribution in [1.82, 2.24) is 9.80 Å². The lowest BCUT2D eigenvalue weighted by atomic mass is 10.2. The topological polar surface area (TPSA) is 84.3 Å². The minimum atomic E-state index is -0.0824. The highest BCUT2D eigenvalue weighted by Crippen LogP contribution is 2.32. The number of rotatable bonds is 5. The first-order chi connectivity index (χ1) is 13.7. The van der Waals surface area contributed by atoms with Crippen molar-refractivity contribution < 1.29 is 23.5 Å². The lowest BCUT2D eigenvalue weighted by molar-refractivity contribution is -0.116. The molecule has 1 N–H and O–H groups in total. The number of ether oxygens (including phenoxy) is 2. The molecule has 8 heteroatoms. The molecule has 1 fully saturated rings. The van der Waals surface area contributed by atoms with E-state index in [1.807, 2.05) is 6.07 Å². The Labute approximate surface area is 163 Å². The lowest BCUT2D eigenvalue weighted by Crippen LogP contribution is -2.49. The number of nitrogens with zero attached hydrogens (tertiary/aromatic N) is 2. The van der Waals surface area contributed by atoms with Crippen LogP contribution in [0, 0.1) is 0 Å². The maximum atomic E-state index is 12.3. The first kappa shape index (κ1) is 18.4. The minimum Gasteiger partial charge on any atom is -0.486 e. The number of anilines is 1. The van der Waals surface area contributed by atoms with Crippen LogP contribution >= 0.6 is 0 Å². The lowest BCUT2D eigenvalue weighted by Gasteiger charge is -2.34. The summed E-state index contributed by atoms with van der Waals surface area (Å²) in [5.41, 5.74) is 0.697. The summed E-state index contributed by atoms with van der Waals surface area (Å²) in [6.45, 7) is 4.44. The molecule has 0 bridgehead atoms. The van der Waals surface area contributed by atoms with Crippen LogP contribution < -0.4 is 14.8 Å². The van der Waals surface area contributed by atoms with E-state index < -0.39 is 0 Å². The zero-order valence-corrected chi connectivity index (χ0v) is 15.6. The molecule has 148 valence electrons. The number of fused-ring (bicyclic) bond motifs is 1. The van der Waals surface area contributed by atoms with Gasteiger partial charge in [0.2, 0.25) is 5.91 Å². The summed E-state index contributed by atoms with van der Waals surface area (Å²) in [5, 5.41) is 2.90. The van der Waals surface area contributed by atoms with E-state index in [4.69, 9.17) is 13.9 Å². The second kappa shape index (κ2) is 8.35. The fourth-order valence-electron chi connectivity index (χ4n) is 3.33. The Kier molecular flexibility index (Phi) is 5.48. The van der Waals surface area contributed by atoms with E-state index in [1.54, 1.807) is 29.2 Å². The minimum absolute atomic E-state index is 0.0502. The second-order valence-corrected chi connectivity index (χ2v) is 6.77. The normalized spacial score (nSPS) is 16.6. The first-order valence-electron chi connectivity index (χ1n) is 9.44. The number of nitrogens with one attached hydrogen (secondary N) is 1. The third-order valence-electron chi connectivity index (χ3n) is 4.87. The molecule has 0 radical (unpaired) electrons. The Morgan fingerprint density at radius 3 is 2.54 bits per heavy atom. The molecule has 0 unspecified atom stereocenters. The summed E-state index contributed by atoms with van der Waals surface area (Å²) in [6, 6.07) is 8.79. The number of carbonyl (C=O) groups excluding carboxylic acids is 2. The van der Waals surface area contributed by atoms with Gasteiger partial charge in [0.05, 0.1) is 6.26 Å². The molecule has 0 atom stereocenters. The highest BCUT2D eigenvalue weighted by molar-refractivity contribution is 5.92. The van der Waals surface area contributed by atoms with Gasteiger partial charge in [0, 0.05) is 50.9 Å². The van der Waals surface area contributed by atoms with Crippen molar-refractivity contribution in [3.8, 4) is 11.5 Å². The van der Waals surface area contributed by atoms with Crippen molar-refractivity contribution in [3.63, 3.8) is 0 Å². The molecule has 0 saturated carbocycles. The zero-order valence-electron chi connectivity index (χ0n) is 15.6. The smallest absolute Gasteiger partial charge is 0.289 e. The van der Waals surface area contributed by atoms with Crippen molar-refractivity contribution in [2.24, 2.45) is 0 Å². The van der Waals surface area contributed by atoms with Gasteiger partial charge in [-0.05, 0) is 24.3 Å². The molecule has 1 aromatic heterocycles. The number of carbonyl (C=O) groups is 2. The standard InChI is InChI=1S/C20H23N3O5/c24-19(21-15-3-4-16-18(14-15)28-13-12-27-16)5-6-22-7-9-23(10-8-22)20(25)17-2-1-11-26-17/h1-4,11,14H,5-10,12-13H2,(H,21,24). The molecular weight excluding hydrogens is 362 g/mol. The molecule has 3 heterocycles. The van der Waals surface area contributed by atoms with Crippen LogP contribution in [0.3, 0.4) is 0 Å². The monoisotopic (exact) mass is 385 g/mol. The van der Waals surface area contributed by atoms with Crippen LogP contribution in [0.1, 0.15) is 17.0 Å².